The molecule has 0 saturated heterocycles. The van der Waals surface area contributed by atoms with Crippen LogP contribution >= 0.6 is 0 Å². The fraction of sp³-hybridized carbons (Fsp3) is 0.250. The fourth-order valence-electron chi connectivity index (χ4n) is 1.49. The van der Waals surface area contributed by atoms with Gasteiger partial charge in [-0.15, -0.1) is 0 Å². The van der Waals surface area contributed by atoms with Gasteiger partial charge in [0, 0.05) is 6.04 Å². The van der Waals surface area contributed by atoms with Crippen LogP contribution in [0.3, 0.4) is 0 Å². The van der Waals surface area contributed by atoms with Crippen molar-refractivity contribution in [3.05, 3.63) is 71.8 Å². The molecule has 2 atom stereocenters. The van der Waals surface area contributed by atoms with E-state index in [1.165, 1.54) is 5.56 Å². The van der Waals surface area contributed by atoms with Crippen LogP contribution in [-0.2, 0) is 0 Å². The van der Waals surface area contributed by atoms with Crippen molar-refractivity contribution in [3.8, 4) is 0 Å². The molecule has 0 aliphatic rings. The quantitative estimate of drug-likeness (QED) is 0.848. The molecule has 0 fully saturated rings. The Hall–Kier alpha value is -1.64. The first-order chi connectivity index (χ1) is 8.61. The average molecular weight is 243 g/mol. The lowest BCUT2D eigenvalue weighted by atomic mass is 10.1. The van der Waals surface area contributed by atoms with E-state index in [1.54, 1.807) is 6.92 Å². The Labute approximate surface area is 109 Å². The number of rotatable bonds is 2. The van der Waals surface area contributed by atoms with Crippen molar-refractivity contribution in [2.45, 2.75) is 26.0 Å². The van der Waals surface area contributed by atoms with Crippen molar-refractivity contribution in [1.29, 1.82) is 0 Å². The molecule has 0 spiro atoms. The van der Waals surface area contributed by atoms with Gasteiger partial charge in [-0.2, -0.15) is 0 Å². The summed E-state index contributed by atoms with van der Waals surface area (Å²) in [5.41, 5.74) is 7.78. The van der Waals surface area contributed by atoms with Gasteiger partial charge in [0.05, 0.1) is 6.10 Å². The molecule has 2 rings (SSSR count). The molecule has 2 heteroatoms. The summed E-state index contributed by atoms with van der Waals surface area (Å²) < 4.78 is 0. The molecule has 0 saturated carbocycles. The first-order valence-corrected chi connectivity index (χ1v) is 6.14. The molecule has 3 N–H and O–H groups in total. The topological polar surface area (TPSA) is 46.2 Å². The zero-order chi connectivity index (χ0) is 13.4. The molecule has 0 aromatic heterocycles. The number of hydrogen-bond acceptors (Lipinski definition) is 2. The van der Waals surface area contributed by atoms with Crippen molar-refractivity contribution in [1.82, 2.24) is 0 Å². The highest BCUT2D eigenvalue weighted by Gasteiger charge is 1.95. The van der Waals surface area contributed by atoms with E-state index in [1.807, 2.05) is 67.6 Å². The van der Waals surface area contributed by atoms with Crippen LogP contribution in [0.4, 0.5) is 0 Å². The van der Waals surface area contributed by atoms with E-state index in [9.17, 15) is 0 Å². The summed E-state index contributed by atoms with van der Waals surface area (Å²) in [6, 6.07) is 19.8. The van der Waals surface area contributed by atoms with Gasteiger partial charge in [0.15, 0.2) is 0 Å². The summed E-state index contributed by atoms with van der Waals surface area (Å²) in [5, 5.41) is 9.02. The van der Waals surface area contributed by atoms with Gasteiger partial charge in [0.25, 0.3) is 0 Å². The zero-order valence-electron chi connectivity index (χ0n) is 11.0. The fourth-order valence-corrected chi connectivity index (χ4v) is 1.49. The van der Waals surface area contributed by atoms with E-state index in [-0.39, 0.29) is 12.1 Å². The van der Waals surface area contributed by atoms with E-state index in [4.69, 9.17) is 10.8 Å². The first kappa shape index (κ1) is 14.4. The van der Waals surface area contributed by atoms with Crippen LogP contribution in [0, 0.1) is 0 Å². The normalized spacial score (nSPS) is 13.1. The third-order valence-electron chi connectivity index (χ3n) is 2.61. The predicted octanol–water partition coefficient (Wildman–Crippen LogP) is 3.45. The van der Waals surface area contributed by atoms with Crippen molar-refractivity contribution in [2.24, 2.45) is 5.73 Å². The highest BCUT2D eigenvalue weighted by atomic mass is 16.3. The third-order valence-corrected chi connectivity index (χ3v) is 2.61. The molecule has 0 radical (unpaired) electrons. The molecule has 2 unspecified atom stereocenters. The molecule has 0 aliphatic carbocycles. The Bertz CT molecular complexity index is 380. The Kier molecular flexibility index (Phi) is 6.12. The number of nitrogens with two attached hydrogens (primary N) is 1. The molecule has 0 heterocycles. The van der Waals surface area contributed by atoms with Crippen LogP contribution in [0.1, 0.15) is 37.1 Å². The van der Waals surface area contributed by atoms with Crippen LogP contribution in [0.2, 0.25) is 0 Å². The van der Waals surface area contributed by atoms with Crippen LogP contribution in [0.25, 0.3) is 0 Å². The Morgan fingerprint density at radius 1 is 0.778 bits per heavy atom. The standard InChI is InChI=1S/C8H11N.C8H10O/c2*1-7(9)8-5-3-2-4-6-8/h2-7H,9H2,1H3;2-7,9H,1H3. The largest absolute Gasteiger partial charge is 0.389 e. The highest BCUT2D eigenvalue weighted by molar-refractivity contribution is 5.17. The van der Waals surface area contributed by atoms with Crippen molar-refractivity contribution < 1.29 is 5.11 Å². The molecular weight excluding hydrogens is 222 g/mol. The minimum Gasteiger partial charge on any atom is -0.389 e. The third kappa shape index (κ3) is 5.13. The summed E-state index contributed by atoms with van der Waals surface area (Å²) in [4.78, 5) is 0. The zero-order valence-corrected chi connectivity index (χ0v) is 11.0. The summed E-state index contributed by atoms with van der Waals surface area (Å²) >= 11 is 0. The lowest BCUT2D eigenvalue weighted by molar-refractivity contribution is 0.199. The van der Waals surface area contributed by atoms with Gasteiger partial charge >= 0.3 is 0 Å². The van der Waals surface area contributed by atoms with Crippen molar-refractivity contribution >= 4 is 0 Å². The molecule has 0 bridgehead atoms. The van der Waals surface area contributed by atoms with Crippen LogP contribution < -0.4 is 5.73 Å². The van der Waals surface area contributed by atoms with Gasteiger partial charge in [-0.3, -0.25) is 0 Å². The summed E-state index contributed by atoms with van der Waals surface area (Å²) in [6.07, 6.45) is -0.341. The second kappa shape index (κ2) is 7.64. The molecule has 96 valence electrons. The summed E-state index contributed by atoms with van der Waals surface area (Å²) in [7, 11) is 0. The second-order valence-corrected chi connectivity index (χ2v) is 4.29. The van der Waals surface area contributed by atoms with E-state index in [2.05, 4.69) is 0 Å². The Morgan fingerprint density at radius 3 is 1.39 bits per heavy atom. The summed E-state index contributed by atoms with van der Waals surface area (Å²) in [6.45, 7) is 3.74. The van der Waals surface area contributed by atoms with Crippen molar-refractivity contribution in [2.75, 3.05) is 0 Å². The van der Waals surface area contributed by atoms with Gasteiger partial charge in [0.2, 0.25) is 0 Å². The van der Waals surface area contributed by atoms with Gasteiger partial charge in [-0.05, 0) is 25.0 Å². The Balaban J connectivity index is 0.000000180. The lowest BCUT2D eigenvalue weighted by Gasteiger charge is -2.02. The van der Waals surface area contributed by atoms with Gasteiger partial charge in [-0.1, -0.05) is 60.7 Å². The maximum Gasteiger partial charge on any atom is 0.0761 e. The number of benzene rings is 2. The van der Waals surface area contributed by atoms with Crippen LogP contribution in [0.15, 0.2) is 60.7 Å². The minimum absolute atomic E-state index is 0.159. The van der Waals surface area contributed by atoms with Gasteiger partial charge < -0.3 is 10.8 Å². The SMILES string of the molecule is CC(N)c1ccccc1.CC(O)c1ccccc1. The van der Waals surface area contributed by atoms with Crippen LogP contribution in [0.5, 0.6) is 0 Å². The molecule has 0 amide bonds. The minimum atomic E-state index is -0.341. The van der Waals surface area contributed by atoms with E-state index in [0.717, 1.165) is 5.56 Å². The van der Waals surface area contributed by atoms with Gasteiger partial charge in [0.1, 0.15) is 0 Å². The smallest absolute Gasteiger partial charge is 0.0761 e. The monoisotopic (exact) mass is 243 g/mol. The maximum atomic E-state index is 9.02. The Morgan fingerprint density at radius 2 is 1.17 bits per heavy atom. The molecule has 2 aromatic carbocycles. The lowest BCUT2D eigenvalue weighted by Crippen LogP contribution is -2.03. The molecular formula is C16H21NO. The molecule has 0 aliphatic heterocycles. The maximum absolute atomic E-state index is 9.02. The first-order valence-electron chi connectivity index (χ1n) is 6.14. The van der Waals surface area contributed by atoms with Gasteiger partial charge in [-0.25, -0.2) is 0 Å². The number of aliphatic hydroxyl groups is 1. The summed E-state index contributed by atoms with van der Waals surface area (Å²) in [5.74, 6) is 0. The molecule has 2 nitrogen and oxygen atoms in total. The number of hydrogen-bond donors (Lipinski definition) is 2. The molecule has 2 aromatic rings. The van der Waals surface area contributed by atoms with Crippen LogP contribution in [-0.4, -0.2) is 5.11 Å². The van der Waals surface area contributed by atoms with E-state index in [0.29, 0.717) is 0 Å². The van der Waals surface area contributed by atoms with Crippen molar-refractivity contribution in [3.63, 3.8) is 0 Å². The average Bonchev–Trinajstić information content (AvgIpc) is 2.41. The number of aliphatic hydroxyl groups excluding tert-OH is 1. The highest BCUT2D eigenvalue weighted by Crippen LogP contribution is 2.09. The predicted molar refractivity (Wildman–Crippen MR) is 76.1 cm³/mol. The second-order valence-electron chi connectivity index (χ2n) is 4.29. The van der Waals surface area contributed by atoms with E-state index >= 15 is 0 Å². The van der Waals surface area contributed by atoms with E-state index < -0.39 is 0 Å². The molecule has 18 heavy (non-hydrogen) atoms.